The van der Waals surface area contributed by atoms with Gasteiger partial charge in [-0.3, -0.25) is 9.69 Å². The van der Waals surface area contributed by atoms with Gasteiger partial charge < -0.3 is 10.0 Å². The Balaban J connectivity index is 1.77. The molecule has 0 bridgehead atoms. The molecule has 2 saturated heterocycles. The van der Waals surface area contributed by atoms with Gasteiger partial charge in [0.2, 0.25) is 0 Å². The molecular weight excluding hydrogens is 270 g/mol. The third-order valence-electron chi connectivity index (χ3n) is 4.28. The van der Waals surface area contributed by atoms with Gasteiger partial charge >= 0.3 is 5.97 Å². The molecule has 2 aliphatic heterocycles. The lowest BCUT2D eigenvalue weighted by molar-refractivity contribution is 0.0689. The van der Waals surface area contributed by atoms with Crippen molar-refractivity contribution in [1.29, 1.82) is 0 Å². The van der Waals surface area contributed by atoms with Crippen LogP contribution in [0.5, 0.6) is 0 Å². The number of amides is 1. The molecule has 1 amide bonds. The highest BCUT2D eigenvalue weighted by Crippen LogP contribution is 2.22. The van der Waals surface area contributed by atoms with Gasteiger partial charge in [-0.2, -0.15) is 0 Å². The van der Waals surface area contributed by atoms with Gasteiger partial charge in [0.15, 0.2) is 0 Å². The number of aromatic nitrogens is 1. The maximum Gasteiger partial charge on any atom is 0.354 e. The van der Waals surface area contributed by atoms with Gasteiger partial charge in [0, 0.05) is 25.7 Å². The molecule has 2 fully saturated rings. The van der Waals surface area contributed by atoms with Gasteiger partial charge in [-0.1, -0.05) is 6.07 Å². The lowest BCUT2D eigenvalue weighted by Crippen LogP contribution is -2.40. The molecule has 0 radical (unpaired) electrons. The van der Waals surface area contributed by atoms with Gasteiger partial charge in [0.25, 0.3) is 5.91 Å². The summed E-state index contributed by atoms with van der Waals surface area (Å²) < 4.78 is 0. The Morgan fingerprint density at radius 2 is 1.90 bits per heavy atom. The molecule has 1 atom stereocenters. The van der Waals surface area contributed by atoms with E-state index in [1.54, 1.807) is 12.1 Å². The number of fused-ring (bicyclic) bond motifs is 1. The molecule has 3 heterocycles. The number of carbonyl (C=O) groups excluding carboxylic acids is 1. The molecule has 1 aromatic heterocycles. The van der Waals surface area contributed by atoms with Crippen molar-refractivity contribution >= 4 is 11.9 Å². The summed E-state index contributed by atoms with van der Waals surface area (Å²) in [4.78, 5) is 31.8. The van der Waals surface area contributed by atoms with Crippen LogP contribution < -0.4 is 0 Å². The predicted octanol–water partition coefficient (Wildman–Crippen LogP) is 1.09. The smallest absolute Gasteiger partial charge is 0.354 e. The number of aromatic carboxylic acids is 1. The van der Waals surface area contributed by atoms with Crippen LogP contribution in [-0.2, 0) is 0 Å². The zero-order valence-electron chi connectivity index (χ0n) is 11.9. The number of nitrogens with zero attached hydrogens (tertiary/aromatic N) is 3. The van der Waals surface area contributed by atoms with E-state index in [0.717, 1.165) is 32.5 Å². The molecule has 3 rings (SSSR count). The molecular formula is C15H19N3O3. The summed E-state index contributed by atoms with van der Waals surface area (Å²) in [5.74, 6) is -1.27. The fourth-order valence-electron chi connectivity index (χ4n) is 3.23. The number of hydrogen-bond acceptors (Lipinski definition) is 4. The quantitative estimate of drug-likeness (QED) is 0.882. The summed E-state index contributed by atoms with van der Waals surface area (Å²) in [6.45, 7) is 3.60. The van der Waals surface area contributed by atoms with Crippen LogP contribution >= 0.6 is 0 Å². The highest BCUT2D eigenvalue weighted by Gasteiger charge is 2.31. The van der Waals surface area contributed by atoms with Crippen LogP contribution in [0.2, 0.25) is 0 Å². The number of pyridine rings is 1. The van der Waals surface area contributed by atoms with Crippen LogP contribution in [0.3, 0.4) is 0 Å². The zero-order valence-corrected chi connectivity index (χ0v) is 11.9. The zero-order chi connectivity index (χ0) is 14.8. The first-order valence-electron chi connectivity index (χ1n) is 7.39. The van der Waals surface area contributed by atoms with Crippen molar-refractivity contribution in [2.75, 3.05) is 26.2 Å². The van der Waals surface area contributed by atoms with Crippen molar-refractivity contribution < 1.29 is 14.7 Å². The highest BCUT2D eigenvalue weighted by molar-refractivity contribution is 5.94. The summed E-state index contributed by atoms with van der Waals surface area (Å²) in [7, 11) is 0. The molecule has 0 spiro atoms. The Bertz CT molecular complexity index is 561. The lowest BCUT2D eigenvalue weighted by Gasteiger charge is -2.25. The number of carboxylic acids is 1. The van der Waals surface area contributed by atoms with E-state index >= 15 is 0 Å². The summed E-state index contributed by atoms with van der Waals surface area (Å²) in [5, 5.41) is 8.98. The molecule has 1 unspecified atom stereocenters. The number of rotatable bonds is 2. The largest absolute Gasteiger partial charge is 0.477 e. The number of hydrogen-bond donors (Lipinski definition) is 1. The molecule has 21 heavy (non-hydrogen) atoms. The average molecular weight is 289 g/mol. The standard InChI is InChI=1S/C15H19N3O3/c19-14(12-5-1-6-13(16-12)15(20)21)18-9-3-8-17-7-2-4-11(17)10-18/h1,5-6,11H,2-4,7-10H2,(H,20,21). The van der Waals surface area contributed by atoms with E-state index < -0.39 is 5.97 Å². The Hall–Kier alpha value is -1.95. The van der Waals surface area contributed by atoms with E-state index in [2.05, 4.69) is 9.88 Å². The third kappa shape index (κ3) is 2.90. The monoisotopic (exact) mass is 289 g/mol. The molecule has 6 heteroatoms. The lowest BCUT2D eigenvalue weighted by atomic mass is 10.2. The minimum Gasteiger partial charge on any atom is -0.477 e. The fraction of sp³-hybridized carbons (Fsp3) is 0.533. The average Bonchev–Trinajstić information content (AvgIpc) is 2.83. The molecule has 2 aliphatic rings. The van der Waals surface area contributed by atoms with E-state index in [1.165, 1.54) is 12.5 Å². The van der Waals surface area contributed by atoms with Crippen molar-refractivity contribution in [2.24, 2.45) is 0 Å². The molecule has 0 aliphatic carbocycles. The molecule has 1 aromatic rings. The molecule has 0 saturated carbocycles. The first kappa shape index (κ1) is 14.0. The summed E-state index contributed by atoms with van der Waals surface area (Å²) in [6.07, 6.45) is 3.28. The first-order chi connectivity index (χ1) is 10.1. The van der Waals surface area contributed by atoms with Crippen LogP contribution in [0.1, 0.15) is 40.2 Å². The minimum atomic E-state index is -1.11. The summed E-state index contributed by atoms with van der Waals surface area (Å²) in [6, 6.07) is 5.01. The highest BCUT2D eigenvalue weighted by atomic mass is 16.4. The first-order valence-corrected chi connectivity index (χ1v) is 7.39. The maximum absolute atomic E-state index is 12.6. The topological polar surface area (TPSA) is 73.7 Å². The second-order valence-electron chi connectivity index (χ2n) is 5.65. The second kappa shape index (κ2) is 5.81. The van der Waals surface area contributed by atoms with Crippen molar-refractivity contribution in [3.8, 4) is 0 Å². The Labute approximate surface area is 123 Å². The molecule has 0 aromatic carbocycles. The predicted molar refractivity (Wildman–Crippen MR) is 76.3 cm³/mol. The van der Waals surface area contributed by atoms with Crippen LogP contribution in [0, 0.1) is 0 Å². The van der Waals surface area contributed by atoms with E-state index in [4.69, 9.17) is 5.11 Å². The molecule has 1 N–H and O–H groups in total. The van der Waals surface area contributed by atoms with E-state index in [1.807, 2.05) is 4.90 Å². The molecule has 6 nitrogen and oxygen atoms in total. The van der Waals surface area contributed by atoms with Crippen LogP contribution in [0.4, 0.5) is 0 Å². The van der Waals surface area contributed by atoms with Crippen molar-refractivity contribution in [3.05, 3.63) is 29.6 Å². The Kier molecular flexibility index (Phi) is 3.88. The Morgan fingerprint density at radius 1 is 1.14 bits per heavy atom. The third-order valence-corrected chi connectivity index (χ3v) is 4.28. The van der Waals surface area contributed by atoms with Crippen LogP contribution in [0.15, 0.2) is 18.2 Å². The van der Waals surface area contributed by atoms with E-state index in [0.29, 0.717) is 12.6 Å². The van der Waals surface area contributed by atoms with Crippen molar-refractivity contribution in [2.45, 2.75) is 25.3 Å². The second-order valence-corrected chi connectivity index (χ2v) is 5.65. The van der Waals surface area contributed by atoms with Gasteiger partial charge in [-0.25, -0.2) is 9.78 Å². The van der Waals surface area contributed by atoms with Crippen LogP contribution in [-0.4, -0.2) is 64.0 Å². The fourth-order valence-corrected chi connectivity index (χ4v) is 3.23. The van der Waals surface area contributed by atoms with Crippen LogP contribution in [0.25, 0.3) is 0 Å². The van der Waals surface area contributed by atoms with E-state index in [9.17, 15) is 9.59 Å². The summed E-state index contributed by atoms with van der Waals surface area (Å²) >= 11 is 0. The maximum atomic E-state index is 12.6. The Morgan fingerprint density at radius 3 is 2.71 bits per heavy atom. The van der Waals surface area contributed by atoms with E-state index in [-0.39, 0.29) is 17.3 Å². The normalized spacial score (nSPS) is 22.7. The summed E-state index contributed by atoms with van der Waals surface area (Å²) in [5.41, 5.74) is 0.138. The van der Waals surface area contributed by atoms with Gasteiger partial charge in [-0.15, -0.1) is 0 Å². The van der Waals surface area contributed by atoms with Gasteiger partial charge in [0.1, 0.15) is 11.4 Å². The number of carbonyl (C=O) groups is 2. The number of carboxylic acid groups (broad SMARTS) is 1. The molecule has 112 valence electrons. The minimum absolute atomic E-state index is 0.0850. The van der Waals surface area contributed by atoms with Gasteiger partial charge in [-0.05, 0) is 37.9 Å². The SMILES string of the molecule is O=C(O)c1cccc(C(=O)N2CCCN3CCCC3C2)n1. The van der Waals surface area contributed by atoms with Gasteiger partial charge in [0.05, 0.1) is 0 Å². The van der Waals surface area contributed by atoms with Crippen molar-refractivity contribution in [3.63, 3.8) is 0 Å². The van der Waals surface area contributed by atoms with Crippen molar-refractivity contribution in [1.82, 2.24) is 14.8 Å².